The third-order valence-corrected chi connectivity index (χ3v) is 4.65. The molecule has 7 nitrogen and oxygen atoms in total. The van der Waals surface area contributed by atoms with Gasteiger partial charge in [0.2, 0.25) is 5.89 Å². The van der Waals surface area contributed by atoms with E-state index in [1.54, 1.807) is 0 Å². The highest BCUT2D eigenvalue weighted by atomic mass is 16.5. The lowest BCUT2D eigenvalue weighted by molar-refractivity contribution is 0.00846. The van der Waals surface area contributed by atoms with Crippen molar-refractivity contribution in [3.8, 4) is 0 Å². The number of piperidine rings is 1. The Labute approximate surface area is 129 Å². The first kappa shape index (κ1) is 13.9. The fraction of sp³-hybridized carbons (Fsp3) is 0.667. The van der Waals surface area contributed by atoms with Crippen LogP contribution >= 0.6 is 0 Å². The second-order valence-corrected chi connectivity index (χ2v) is 6.33. The molecule has 2 aliphatic rings. The van der Waals surface area contributed by atoms with Crippen molar-refractivity contribution in [1.82, 2.24) is 24.8 Å². The zero-order valence-corrected chi connectivity index (χ0v) is 13.0. The van der Waals surface area contributed by atoms with Crippen molar-refractivity contribution in [3.05, 3.63) is 29.7 Å². The van der Waals surface area contributed by atoms with Crippen LogP contribution in [0.4, 0.5) is 0 Å². The highest BCUT2D eigenvalue weighted by Gasteiger charge is 2.42. The van der Waals surface area contributed by atoms with Crippen LogP contribution in [0.25, 0.3) is 0 Å². The van der Waals surface area contributed by atoms with Gasteiger partial charge in [-0.05, 0) is 19.8 Å². The molecule has 118 valence electrons. The quantitative estimate of drug-likeness (QED) is 0.850. The van der Waals surface area contributed by atoms with Crippen LogP contribution in [0.15, 0.2) is 16.9 Å². The summed E-state index contributed by atoms with van der Waals surface area (Å²) < 4.78 is 13.2. The summed E-state index contributed by atoms with van der Waals surface area (Å²) >= 11 is 0. The number of ether oxygens (including phenoxy) is 1. The van der Waals surface area contributed by atoms with Crippen LogP contribution < -0.4 is 0 Å². The lowest BCUT2D eigenvalue weighted by Crippen LogP contribution is -2.48. The summed E-state index contributed by atoms with van der Waals surface area (Å²) in [4.78, 5) is 6.91. The Morgan fingerprint density at radius 2 is 2.32 bits per heavy atom. The predicted octanol–water partition coefficient (Wildman–Crippen LogP) is 1.26. The van der Waals surface area contributed by atoms with Crippen LogP contribution in [0, 0.1) is 6.92 Å². The summed E-state index contributed by atoms with van der Waals surface area (Å²) in [5.74, 6) is 1.68. The van der Waals surface area contributed by atoms with Crippen molar-refractivity contribution < 1.29 is 9.26 Å². The number of hydrogen-bond donors (Lipinski definition) is 0. The maximum atomic E-state index is 5.94. The Kier molecular flexibility index (Phi) is 3.46. The van der Waals surface area contributed by atoms with Gasteiger partial charge in [0.1, 0.15) is 0 Å². The van der Waals surface area contributed by atoms with Crippen molar-refractivity contribution in [2.24, 2.45) is 7.05 Å². The number of rotatable bonds is 3. The Hall–Kier alpha value is -1.73. The van der Waals surface area contributed by atoms with E-state index in [4.69, 9.17) is 9.26 Å². The minimum atomic E-state index is 0.247. The van der Waals surface area contributed by atoms with E-state index in [0.717, 1.165) is 38.4 Å². The van der Waals surface area contributed by atoms with Crippen LogP contribution in [0.2, 0.25) is 0 Å². The first-order valence-corrected chi connectivity index (χ1v) is 7.82. The highest BCUT2D eigenvalue weighted by molar-refractivity contribution is 5.08. The molecule has 2 fully saturated rings. The molecule has 2 aliphatic heterocycles. The molecule has 2 saturated heterocycles. The maximum Gasteiger partial charge on any atom is 0.231 e. The highest BCUT2D eigenvalue weighted by Crippen LogP contribution is 2.36. The lowest BCUT2D eigenvalue weighted by atomic mass is 9.89. The van der Waals surface area contributed by atoms with Gasteiger partial charge in [-0.3, -0.25) is 9.58 Å². The maximum absolute atomic E-state index is 5.94. The van der Waals surface area contributed by atoms with Gasteiger partial charge in [-0.2, -0.15) is 10.1 Å². The summed E-state index contributed by atoms with van der Waals surface area (Å²) in [5, 5.41) is 8.20. The van der Waals surface area contributed by atoms with Gasteiger partial charge in [0.25, 0.3) is 0 Å². The average molecular weight is 303 g/mol. The fourth-order valence-corrected chi connectivity index (χ4v) is 3.68. The van der Waals surface area contributed by atoms with Gasteiger partial charge in [0.05, 0.1) is 18.2 Å². The molecule has 0 N–H and O–H groups in total. The third-order valence-electron chi connectivity index (χ3n) is 4.65. The van der Waals surface area contributed by atoms with Crippen molar-refractivity contribution in [1.29, 1.82) is 0 Å². The van der Waals surface area contributed by atoms with E-state index in [0.29, 0.717) is 11.9 Å². The zero-order valence-electron chi connectivity index (χ0n) is 13.0. The van der Waals surface area contributed by atoms with Gasteiger partial charge in [-0.1, -0.05) is 5.16 Å². The van der Waals surface area contributed by atoms with Gasteiger partial charge in [0, 0.05) is 44.5 Å². The predicted molar refractivity (Wildman–Crippen MR) is 78.2 cm³/mol. The van der Waals surface area contributed by atoms with E-state index in [1.807, 2.05) is 24.9 Å². The van der Waals surface area contributed by atoms with E-state index in [2.05, 4.69) is 26.3 Å². The molecule has 2 aromatic heterocycles. The number of likely N-dealkylation sites (tertiary alicyclic amines) is 1. The molecule has 4 heterocycles. The fourth-order valence-electron chi connectivity index (χ4n) is 3.68. The topological polar surface area (TPSA) is 69.2 Å². The zero-order chi connectivity index (χ0) is 15.1. The standard InChI is InChI=1S/C15H21N5O2/c1-10-17-15(22-18-10)12-5-14-13(3-4-21-14)20(9-12)8-11-6-16-19(2)7-11/h6-7,12-14H,3-5,8-9H2,1-2H3/t12-,13+,14+/m1/s1. The molecule has 22 heavy (non-hydrogen) atoms. The minimum Gasteiger partial charge on any atom is -0.377 e. The molecule has 0 unspecified atom stereocenters. The van der Waals surface area contributed by atoms with Gasteiger partial charge in [-0.15, -0.1) is 0 Å². The molecule has 0 radical (unpaired) electrons. The molecule has 7 heteroatoms. The summed E-state index contributed by atoms with van der Waals surface area (Å²) in [6.07, 6.45) is 6.34. The van der Waals surface area contributed by atoms with Crippen LogP contribution in [0.1, 0.15) is 36.0 Å². The normalized spacial score (nSPS) is 28.9. The van der Waals surface area contributed by atoms with E-state index in [1.165, 1.54) is 5.56 Å². The van der Waals surface area contributed by atoms with Crippen LogP contribution in [0.3, 0.4) is 0 Å². The van der Waals surface area contributed by atoms with E-state index >= 15 is 0 Å². The molecule has 4 rings (SSSR count). The lowest BCUT2D eigenvalue weighted by Gasteiger charge is -2.39. The van der Waals surface area contributed by atoms with Crippen LogP contribution in [0.5, 0.6) is 0 Å². The molecule has 3 atom stereocenters. The van der Waals surface area contributed by atoms with Crippen molar-refractivity contribution in [2.75, 3.05) is 13.2 Å². The molecular formula is C15H21N5O2. The van der Waals surface area contributed by atoms with E-state index in [9.17, 15) is 0 Å². The first-order chi connectivity index (χ1) is 10.7. The summed E-state index contributed by atoms with van der Waals surface area (Å²) in [5.41, 5.74) is 1.23. The molecular weight excluding hydrogens is 282 g/mol. The molecule has 0 bridgehead atoms. The summed E-state index contributed by atoms with van der Waals surface area (Å²) in [6, 6.07) is 0.487. The largest absolute Gasteiger partial charge is 0.377 e. The van der Waals surface area contributed by atoms with Crippen LogP contribution in [-0.2, 0) is 18.3 Å². The summed E-state index contributed by atoms with van der Waals surface area (Å²) in [7, 11) is 1.95. The number of hydrogen-bond acceptors (Lipinski definition) is 6. The number of nitrogens with zero attached hydrogens (tertiary/aromatic N) is 5. The first-order valence-electron chi connectivity index (χ1n) is 7.82. The van der Waals surface area contributed by atoms with E-state index < -0.39 is 0 Å². The second-order valence-electron chi connectivity index (χ2n) is 6.33. The Balaban J connectivity index is 1.55. The third kappa shape index (κ3) is 2.55. The summed E-state index contributed by atoms with van der Waals surface area (Å²) in [6.45, 7) is 4.52. The Morgan fingerprint density at radius 3 is 3.05 bits per heavy atom. The Morgan fingerprint density at radius 1 is 1.41 bits per heavy atom. The van der Waals surface area contributed by atoms with Gasteiger partial charge >= 0.3 is 0 Å². The average Bonchev–Trinajstić information content (AvgIpc) is 3.20. The van der Waals surface area contributed by atoms with E-state index in [-0.39, 0.29) is 12.0 Å². The smallest absolute Gasteiger partial charge is 0.231 e. The van der Waals surface area contributed by atoms with Gasteiger partial charge < -0.3 is 9.26 Å². The second kappa shape index (κ2) is 5.48. The van der Waals surface area contributed by atoms with Crippen molar-refractivity contribution in [2.45, 2.75) is 44.4 Å². The Bertz CT molecular complexity index is 652. The molecule has 0 aromatic carbocycles. The number of aryl methyl sites for hydroxylation is 2. The molecule has 0 amide bonds. The molecule has 2 aromatic rings. The monoisotopic (exact) mass is 303 g/mol. The molecule has 0 spiro atoms. The molecule has 0 saturated carbocycles. The molecule has 0 aliphatic carbocycles. The number of aromatic nitrogens is 4. The van der Waals surface area contributed by atoms with Crippen molar-refractivity contribution in [3.63, 3.8) is 0 Å². The number of fused-ring (bicyclic) bond motifs is 1. The SMILES string of the molecule is Cc1noc([C@@H]2C[C@@H]3OCC[C@@H]3N(Cc3cnn(C)c3)C2)n1. The van der Waals surface area contributed by atoms with Gasteiger partial charge in [0.15, 0.2) is 5.82 Å². The van der Waals surface area contributed by atoms with Crippen LogP contribution in [-0.4, -0.2) is 50.1 Å². The van der Waals surface area contributed by atoms with Crippen molar-refractivity contribution >= 4 is 0 Å². The van der Waals surface area contributed by atoms with Gasteiger partial charge in [-0.25, -0.2) is 0 Å². The minimum absolute atomic E-state index is 0.247.